The molecule has 2 fully saturated rings. The summed E-state index contributed by atoms with van der Waals surface area (Å²) in [4.78, 5) is 14.5. The van der Waals surface area contributed by atoms with E-state index in [9.17, 15) is 10.1 Å². The molecule has 2 aromatic carbocycles. The average Bonchev–Trinajstić information content (AvgIpc) is 3.05. The van der Waals surface area contributed by atoms with Crippen LogP contribution in [0.2, 0.25) is 0 Å². The number of nitriles is 1. The van der Waals surface area contributed by atoms with Crippen molar-refractivity contribution in [3.05, 3.63) is 65.7 Å². The molecule has 138 valence electrons. The Labute approximate surface area is 160 Å². The van der Waals surface area contributed by atoms with Gasteiger partial charge < -0.3 is 5.32 Å². The summed E-state index contributed by atoms with van der Waals surface area (Å²) >= 11 is 0. The molecule has 4 heteroatoms. The van der Waals surface area contributed by atoms with Crippen LogP contribution in [-0.4, -0.2) is 18.1 Å². The standard InChI is InChI=1S/C23H25N3O/c1-2-22(19-9-4-3-5-10-19)12-14-23(15-13-22)17-26(21(27)25-23)20-11-7-6-8-18(20)16-24/h3-11H,2,12-15,17H2,1H3,(H,25,27). The molecule has 1 aliphatic heterocycles. The first-order chi connectivity index (χ1) is 13.1. The quantitative estimate of drug-likeness (QED) is 0.860. The van der Waals surface area contributed by atoms with Gasteiger partial charge >= 0.3 is 6.03 Å². The van der Waals surface area contributed by atoms with Crippen LogP contribution in [0.3, 0.4) is 0 Å². The van der Waals surface area contributed by atoms with Crippen LogP contribution in [-0.2, 0) is 5.41 Å². The third kappa shape index (κ3) is 2.98. The monoisotopic (exact) mass is 359 g/mol. The van der Waals surface area contributed by atoms with Crippen molar-refractivity contribution in [1.29, 1.82) is 5.26 Å². The first kappa shape index (κ1) is 17.6. The summed E-state index contributed by atoms with van der Waals surface area (Å²) in [5.41, 5.74) is 2.69. The fourth-order valence-electron chi connectivity index (χ4n) is 4.83. The van der Waals surface area contributed by atoms with Crippen molar-refractivity contribution < 1.29 is 4.79 Å². The van der Waals surface area contributed by atoms with Gasteiger partial charge in [0.05, 0.1) is 23.3 Å². The van der Waals surface area contributed by atoms with Gasteiger partial charge in [0.2, 0.25) is 0 Å². The third-order valence-corrected chi connectivity index (χ3v) is 6.62. The summed E-state index contributed by atoms with van der Waals surface area (Å²) < 4.78 is 0. The lowest BCUT2D eigenvalue weighted by molar-refractivity contribution is 0.184. The zero-order chi connectivity index (χ0) is 18.9. The van der Waals surface area contributed by atoms with Gasteiger partial charge in [-0.1, -0.05) is 49.4 Å². The molecule has 1 spiro atoms. The maximum atomic E-state index is 12.7. The van der Waals surface area contributed by atoms with Crippen LogP contribution in [0.25, 0.3) is 0 Å². The summed E-state index contributed by atoms with van der Waals surface area (Å²) in [7, 11) is 0. The van der Waals surface area contributed by atoms with Gasteiger partial charge in [0, 0.05) is 0 Å². The van der Waals surface area contributed by atoms with Gasteiger partial charge in [-0.2, -0.15) is 5.26 Å². The van der Waals surface area contributed by atoms with Gasteiger partial charge in [-0.25, -0.2) is 4.79 Å². The molecule has 2 aromatic rings. The Bertz CT molecular complexity index is 876. The number of nitrogens with zero attached hydrogens (tertiary/aromatic N) is 2. The number of carbonyl (C=O) groups is 1. The van der Waals surface area contributed by atoms with E-state index in [-0.39, 0.29) is 17.0 Å². The maximum Gasteiger partial charge on any atom is 0.322 e. The van der Waals surface area contributed by atoms with Crippen molar-refractivity contribution >= 4 is 11.7 Å². The normalized spacial score (nSPS) is 27.4. The van der Waals surface area contributed by atoms with Gasteiger partial charge in [0.15, 0.2) is 0 Å². The van der Waals surface area contributed by atoms with Crippen molar-refractivity contribution in [3.8, 4) is 6.07 Å². The minimum absolute atomic E-state index is 0.0820. The predicted molar refractivity (Wildman–Crippen MR) is 107 cm³/mol. The molecule has 0 unspecified atom stereocenters. The SMILES string of the molecule is CCC1(c2ccccc2)CCC2(CC1)CN(c1ccccc1C#N)C(=O)N2. The number of hydrogen-bond donors (Lipinski definition) is 1. The van der Waals surface area contributed by atoms with Gasteiger partial charge in [-0.15, -0.1) is 0 Å². The van der Waals surface area contributed by atoms with Crippen molar-refractivity contribution in [3.63, 3.8) is 0 Å². The summed E-state index contributed by atoms with van der Waals surface area (Å²) in [5, 5.41) is 12.6. The van der Waals surface area contributed by atoms with Crippen LogP contribution >= 0.6 is 0 Å². The van der Waals surface area contributed by atoms with Crippen LogP contribution in [0.4, 0.5) is 10.5 Å². The number of anilines is 1. The van der Waals surface area contributed by atoms with E-state index in [1.807, 2.05) is 18.2 Å². The lowest BCUT2D eigenvalue weighted by atomic mass is 9.63. The molecule has 4 nitrogen and oxygen atoms in total. The Morgan fingerprint density at radius 3 is 2.37 bits per heavy atom. The molecule has 2 aliphatic rings. The number of amides is 2. The van der Waals surface area contributed by atoms with E-state index in [2.05, 4.69) is 48.6 Å². The third-order valence-electron chi connectivity index (χ3n) is 6.62. The fourth-order valence-corrected chi connectivity index (χ4v) is 4.83. The molecular weight excluding hydrogens is 334 g/mol. The van der Waals surface area contributed by atoms with Gasteiger partial charge in [0.1, 0.15) is 6.07 Å². The smallest absolute Gasteiger partial charge is 0.322 e. The molecule has 1 saturated carbocycles. The molecule has 1 N–H and O–H groups in total. The minimum atomic E-state index is -0.187. The minimum Gasteiger partial charge on any atom is -0.330 e. The van der Waals surface area contributed by atoms with Crippen LogP contribution in [0.15, 0.2) is 54.6 Å². The summed E-state index contributed by atoms with van der Waals surface area (Å²) in [6.45, 7) is 2.91. The second-order valence-electron chi connectivity index (χ2n) is 7.93. The molecule has 27 heavy (non-hydrogen) atoms. The highest BCUT2D eigenvalue weighted by atomic mass is 16.2. The van der Waals surface area contributed by atoms with Gasteiger partial charge in [-0.3, -0.25) is 4.90 Å². The van der Waals surface area contributed by atoms with Crippen LogP contribution in [0.1, 0.15) is 50.2 Å². The maximum absolute atomic E-state index is 12.7. The van der Waals surface area contributed by atoms with Gasteiger partial charge in [0.25, 0.3) is 0 Å². The molecule has 4 rings (SSSR count). The molecule has 2 amide bonds. The number of para-hydroxylation sites is 1. The molecule has 0 bridgehead atoms. The fraction of sp³-hybridized carbons (Fsp3) is 0.391. The number of rotatable bonds is 3. The lowest BCUT2D eigenvalue weighted by Gasteiger charge is -2.44. The predicted octanol–water partition coefficient (Wildman–Crippen LogP) is 4.75. The van der Waals surface area contributed by atoms with E-state index < -0.39 is 0 Å². The van der Waals surface area contributed by atoms with E-state index in [4.69, 9.17) is 0 Å². The highest BCUT2D eigenvalue weighted by Gasteiger charge is 2.49. The van der Waals surface area contributed by atoms with E-state index >= 15 is 0 Å². The Hall–Kier alpha value is -2.80. The second kappa shape index (κ2) is 6.74. The molecule has 0 aromatic heterocycles. The molecule has 0 atom stereocenters. The van der Waals surface area contributed by atoms with Crippen molar-refractivity contribution in [1.82, 2.24) is 5.32 Å². The van der Waals surface area contributed by atoms with Gasteiger partial charge in [-0.05, 0) is 55.2 Å². The van der Waals surface area contributed by atoms with Crippen molar-refractivity contribution in [2.24, 2.45) is 0 Å². The first-order valence-electron chi connectivity index (χ1n) is 9.76. The summed E-state index contributed by atoms with van der Waals surface area (Å²) in [5.74, 6) is 0. The molecule has 1 heterocycles. The number of carbonyl (C=O) groups excluding carboxylic acids is 1. The van der Waals surface area contributed by atoms with Crippen molar-refractivity contribution in [2.45, 2.75) is 50.0 Å². The van der Waals surface area contributed by atoms with Crippen molar-refractivity contribution in [2.75, 3.05) is 11.4 Å². The largest absolute Gasteiger partial charge is 0.330 e. The Balaban J connectivity index is 1.56. The van der Waals surface area contributed by atoms with Crippen LogP contribution < -0.4 is 10.2 Å². The summed E-state index contributed by atoms with van der Waals surface area (Å²) in [6, 6.07) is 20.3. The Morgan fingerprint density at radius 2 is 1.70 bits per heavy atom. The van der Waals surface area contributed by atoms with E-state index in [0.717, 1.165) is 32.1 Å². The number of hydrogen-bond acceptors (Lipinski definition) is 2. The lowest BCUT2D eigenvalue weighted by Crippen LogP contribution is -2.49. The zero-order valence-corrected chi connectivity index (χ0v) is 15.7. The molecular formula is C23H25N3O. The molecule has 0 radical (unpaired) electrons. The Kier molecular flexibility index (Phi) is 4.39. The van der Waals surface area contributed by atoms with E-state index in [1.165, 1.54) is 5.56 Å². The molecule has 1 aliphatic carbocycles. The second-order valence-corrected chi connectivity index (χ2v) is 7.93. The average molecular weight is 359 g/mol. The van der Waals surface area contributed by atoms with E-state index in [1.54, 1.807) is 11.0 Å². The number of benzene rings is 2. The highest BCUT2D eigenvalue weighted by molar-refractivity contribution is 5.96. The van der Waals surface area contributed by atoms with Crippen LogP contribution in [0.5, 0.6) is 0 Å². The number of nitrogens with one attached hydrogen (secondary N) is 1. The first-order valence-corrected chi connectivity index (χ1v) is 9.76. The van der Waals surface area contributed by atoms with Crippen LogP contribution in [0, 0.1) is 11.3 Å². The topological polar surface area (TPSA) is 56.1 Å². The Morgan fingerprint density at radius 1 is 1.04 bits per heavy atom. The molecule has 1 saturated heterocycles. The highest BCUT2D eigenvalue weighted by Crippen LogP contribution is 2.47. The summed E-state index contributed by atoms with van der Waals surface area (Å²) in [6.07, 6.45) is 5.18. The number of urea groups is 1. The van der Waals surface area contributed by atoms with E-state index in [0.29, 0.717) is 17.8 Å². The zero-order valence-electron chi connectivity index (χ0n) is 15.7.